The number of hydrazine groups is 1. The molecule has 0 saturated heterocycles. The third-order valence-electron chi connectivity index (χ3n) is 4.72. The van der Waals surface area contributed by atoms with E-state index in [0.29, 0.717) is 16.1 Å². The highest BCUT2D eigenvalue weighted by molar-refractivity contribution is 7.17. The molecule has 2 aromatic rings. The van der Waals surface area contributed by atoms with Gasteiger partial charge in [-0.2, -0.15) is 0 Å². The molecule has 2 N–H and O–H groups in total. The van der Waals surface area contributed by atoms with Gasteiger partial charge in [0.25, 0.3) is 11.6 Å². The molecule has 0 unspecified atom stereocenters. The molecule has 0 atom stereocenters. The number of nitro benzene ring substituents is 1. The molecule has 0 bridgehead atoms. The average molecular weight is 429 g/mol. The first kappa shape index (κ1) is 21.7. The van der Waals surface area contributed by atoms with E-state index in [4.69, 9.17) is 0 Å². The Bertz CT molecular complexity index is 997. The van der Waals surface area contributed by atoms with Gasteiger partial charge in [0.15, 0.2) is 0 Å². The number of hydrogen-bond acceptors (Lipinski definition) is 6. The van der Waals surface area contributed by atoms with Crippen LogP contribution in [0.3, 0.4) is 0 Å². The summed E-state index contributed by atoms with van der Waals surface area (Å²) in [6, 6.07) is 6.04. The van der Waals surface area contributed by atoms with Crippen LogP contribution < -0.4 is 10.7 Å². The number of aryl methyl sites for hydroxylation is 1. The standard InChI is InChI=1S/C21H24N4O4S/c1-24(2)23-20(27)19-16-9-4-3-5-10-17(16)30-21(19)22-18(26)12-11-14-7-6-8-15(13-14)25(28)29/h6-8,11-13H,3-5,9-10H2,1-2H3,(H,22,26)(H,23,27)/b12-11+. The molecular weight excluding hydrogens is 404 g/mol. The Morgan fingerprint density at radius 2 is 1.97 bits per heavy atom. The summed E-state index contributed by atoms with van der Waals surface area (Å²) in [6.07, 6.45) is 7.78. The van der Waals surface area contributed by atoms with E-state index in [1.165, 1.54) is 35.6 Å². The Morgan fingerprint density at radius 3 is 2.70 bits per heavy atom. The number of nitro groups is 1. The van der Waals surface area contributed by atoms with E-state index in [1.807, 2.05) is 0 Å². The number of hydrogen-bond donors (Lipinski definition) is 2. The van der Waals surface area contributed by atoms with Gasteiger partial charge in [0, 0.05) is 37.2 Å². The molecule has 158 valence electrons. The van der Waals surface area contributed by atoms with Crippen LogP contribution in [0.5, 0.6) is 0 Å². The van der Waals surface area contributed by atoms with Crippen LogP contribution in [0.4, 0.5) is 10.7 Å². The van der Waals surface area contributed by atoms with Crippen molar-refractivity contribution in [2.45, 2.75) is 32.1 Å². The van der Waals surface area contributed by atoms with Crippen LogP contribution in [0.2, 0.25) is 0 Å². The average Bonchev–Trinajstić information content (AvgIpc) is 2.86. The quantitative estimate of drug-likeness (QED) is 0.315. The fourth-order valence-corrected chi connectivity index (χ4v) is 4.69. The van der Waals surface area contributed by atoms with Crippen molar-refractivity contribution in [3.63, 3.8) is 0 Å². The lowest BCUT2D eigenvalue weighted by Crippen LogP contribution is -2.36. The smallest absolute Gasteiger partial charge is 0.270 e. The Morgan fingerprint density at radius 1 is 1.20 bits per heavy atom. The van der Waals surface area contributed by atoms with Gasteiger partial charge < -0.3 is 5.32 Å². The lowest BCUT2D eigenvalue weighted by Gasteiger charge is -2.14. The zero-order chi connectivity index (χ0) is 21.7. The molecule has 1 aromatic carbocycles. The first-order valence-electron chi connectivity index (χ1n) is 9.71. The number of benzene rings is 1. The van der Waals surface area contributed by atoms with Crippen molar-refractivity contribution in [3.05, 3.63) is 62.0 Å². The van der Waals surface area contributed by atoms with Crippen molar-refractivity contribution in [2.75, 3.05) is 19.4 Å². The number of anilines is 1. The molecule has 0 fully saturated rings. The normalized spacial score (nSPS) is 13.7. The molecular formula is C21H24N4O4S. The summed E-state index contributed by atoms with van der Waals surface area (Å²) in [5.41, 5.74) is 4.83. The molecule has 0 radical (unpaired) electrons. The number of amides is 2. The number of non-ortho nitro benzene ring substituents is 1. The lowest BCUT2D eigenvalue weighted by atomic mass is 10.1. The predicted octanol–water partition coefficient (Wildman–Crippen LogP) is 3.78. The zero-order valence-corrected chi connectivity index (χ0v) is 17.8. The highest BCUT2D eigenvalue weighted by Crippen LogP contribution is 2.37. The number of nitrogens with zero attached hydrogens (tertiary/aromatic N) is 2. The van der Waals surface area contributed by atoms with Crippen molar-refractivity contribution in [2.24, 2.45) is 0 Å². The summed E-state index contributed by atoms with van der Waals surface area (Å²) in [4.78, 5) is 36.9. The summed E-state index contributed by atoms with van der Waals surface area (Å²) in [5, 5.41) is 15.8. The van der Waals surface area contributed by atoms with Gasteiger partial charge in [0.05, 0.1) is 10.5 Å². The van der Waals surface area contributed by atoms with Crippen LogP contribution in [-0.2, 0) is 17.6 Å². The van der Waals surface area contributed by atoms with Crippen molar-refractivity contribution < 1.29 is 14.5 Å². The maximum absolute atomic E-state index is 12.8. The van der Waals surface area contributed by atoms with Crippen LogP contribution in [0, 0.1) is 10.1 Å². The molecule has 9 heteroatoms. The largest absolute Gasteiger partial charge is 0.313 e. The molecule has 1 aliphatic carbocycles. The molecule has 2 amide bonds. The molecule has 3 rings (SSSR count). The Labute approximate surface area is 178 Å². The van der Waals surface area contributed by atoms with Gasteiger partial charge >= 0.3 is 0 Å². The molecule has 0 saturated carbocycles. The van der Waals surface area contributed by atoms with E-state index < -0.39 is 10.8 Å². The Hall–Kier alpha value is -3.04. The first-order chi connectivity index (χ1) is 14.3. The summed E-state index contributed by atoms with van der Waals surface area (Å²) >= 11 is 1.45. The number of carbonyl (C=O) groups is 2. The first-order valence-corrected chi connectivity index (χ1v) is 10.5. The molecule has 8 nitrogen and oxygen atoms in total. The second kappa shape index (κ2) is 9.64. The molecule has 1 aliphatic rings. The van der Waals surface area contributed by atoms with Crippen molar-refractivity contribution in [1.82, 2.24) is 10.4 Å². The molecule has 1 heterocycles. The highest BCUT2D eigenvalue weighted by Gasteiger charge is 2.25. The van der Waals surface area contributed by atoms with E-state index in [0.717, 1.165) is 42.5 Å². The lowest BCUT2D eigenvalue weighted by molar-refractivity contribution is -0.384. The van der Waals surface area contributed by atoms with Crippen LogP contribution >= 0.6 is 11.3 Å². The van der Waals surface area contributed by atoms with E-state index in [1.54, 1.807) is 31.2 Å². The van der Waals surface area contributed by atoms with E-state index in [-0.39, 0.29) is 11.6 Å². The van der Waals surface area contributed by atoms with Crippen LogP contribution in [0.1, 0.15) is 45.6 Å². The van der Waals surface area contributed by atoms with Gasteiger partial charge in [-0.05, 0) is 42.9 Å². The fraction of sp³-hybridized carbons (Fsp3) is 0.333. The third-order valence-corrected chi connectivity index (χ3v) is 5.93. The third kappa shape index (κ3) is 5.31. The Kier molecular flexibility index (Phi) is 6.96. The van der Waals surface area contributed by atoms with E-state index in [9.17, 15) is 19.7 Å². The van der Waals surface area contributed by atoms with Crippen molar-refractivity contribution in [3.8, 4) is 0 Å². The zero-order valence-electron chi connectivity index (χ0n) is 16.9. The fourth-order valence-electron chi connectivity index (χ4n) is 3.40. The molecule has 0 aliphatic heterocycles. The maximum atomic E-state index is 12.8. The minimum atomic E-state index is -0.480. The number of thiophene rings is 1. The summed E-state index contributed by atoms with van der Waals surface area (Å²) in [7, 11) is 3.48. The summed E-state index contributed by atoms with van der Waals surface area (Å²) in [6.45, 7) is 0. The summed E-state index contributed by atoms with van der Waals surface area (Å²) < 4.78 is 0. The van der Waals surface area contributed by atoms with E-state index >= 15 is 0 Å². The van der Waals surface area contributed by atoms with Gasteiger partial charge in [0.2, 0.25) is 5.91 Å². The minimum absolute atomic E-state index is 0.0396. The number of nitrogens with one attached hydrogen (secondary N) is 2. The topological polar surface area (TPSA) is 105 Å². The van der Waals surface area contributed by atoms with Gasteiger partial charge in [-0.1, -0.05) is 18.6 Å². The number of carbonyl (C=O) groups excluding carboxylic acids is 2. The van der Waals surface area contributed by atoms with Gasteiger partial charge in [0.1, 0.15) is 5.00 Å². The summed E-state index contributed by atoms with van der Waals surface area (Å²) in [5.74, 6) is -0.630. The van der Waals surface area contributed by atoms with Gasteiger partial charge in [-0.25, -0.2) is 5.01 Å². The van der Waals surface area contributed by atoms with Crippen LogP contribution in [0.15, 0.2) is 30.3 Å². The Balaban J connectivity index is 1.83. The monoisotopic (exact) mass is 428 g/mol. The van der Waals surface area contributed by atoms with Crippen LogP contribution in [-0.4, -0.2) is 35.8 Å². The molecule has 1 aromatic heterocycles. The predicted molar refractivity (Wildman–Crippen MR) is 117 cm³/mol. The molecule has 30 heavy (non-hydrogen) atoms. The number of rotatable bonds is 6. The maximum Gasteiger partial charge on any atom is 0.270 e. The van der Waals surface area contributed by atoms with Crippen LogP contribution in [0.25, 0.3) is 6.08 Å². The second-order valence-electron chi connectivity index (χ2n) is 7.28. The number of fused-ring (bicyclic) bond motifs is 1. The minimum Gasteiger partial charge on any atom is -0.313 e. The second-order valence-corrected chi connectivity index (χ2v) is 8.38. The van der Waals surface area contributed by atoms with Gasteiger partial charge in [-0.15, -0.1) is 11.3 Å². The van der Waals surface area contributed by atoms with E-state index in [2.05, 4.69) is 10.7 Å². The highest BCUT2D eigenvalue weighted by atomic mass is 32.1. The SMILES string of the molecule is CN(C)NC(=O)c1c(NC(=O)/C=C/c2cccc([N+](=O)[O-])c2)sc2c1CCCCC2. The van der Waals surface area contributed by atoms with Gasteiger partial charge in [-0.3, -0.25) is 25.1 Å². The molecule has 0 spiro atoms. The van der Waals surface area contributed by atoms with Crippen molar-refractivity contribution in [1.29, 1.82) is 0 Å². The van der Waals surface area contributed by atoms with Crippen molar-refractivity contribution >= 4 is 39.9 Å².